The third kappa shape index (κ3) is 4.96. The number of amides is 2. The molecule has 0 atom stereocenters. The van der Waals surface area contributed by atoms with E-state index in [4.69, 9.17) is 9.47 Å². The van der Waals surface area contributed by atoms with Gasteiger partial charge in [-0.1, -0.05) is 42.5 Å². The fourth-order valence-corrected chi connectivity index (χ4v) is 4.62. The van der Waals surface area contributed by atoms with Crippen molar-refractivity contribution in [2.24, 2.45) is 0 Å². The molecule has 2 fully saturated rings. The van der Waals surface area contributed by atoms with Crippen molar-refractivity contribution in [2.75, 3.05) is 57.4 Å². The number of carbonyl (C=O) groups excluding carboxylic acids is 1. The SMILES string of the molecule is CCOc1ccccc1N1CCN(C(=O)NCC2(c3ccccc3)CCOCC2)CC1. The Balaban J connectivity index is 1.35. The molecule has 6 heteroatoms. The summed E-state index contributed by atoms with van der Waals surface area (Å²) in [4.78, 5) is 17.2. The summed E-state index contributed by atoms with van der Waals surface area (Å²) in [5.74, 6) is 0.909. The van der Waals surface area contributed by atoms with Crippen LogP contribution >= 0.6 is 0 Å². The number of para-hydroxylation sites is 2. The molecule has 0 unspecified atom stereocenters. The minimum absolute atomic E-state index is 0.0274. The van der Waals surface area contributed by atoms with Gasteiger partial charge in [0.15, 0.2) is 0 Å². The average Bonchev–Trinajstić information content (AvgIpc) is 2.84. The third-order valence-corrected chi connectivity index (χ3v) is 6.49. The maximum absolute atomic E-state index is 13.0. The molecule has 2 amide bonds. The highest BCUT2D eigenvalue weighted by atomic mass is 16.5. The van der Waals surface area contributed by atoms with E-state index in [-0.39, 0.29) is 11.4 Å². The molecule has 31 heavy (non-hydrogen) atoms. The number of benzene rings is 2. The van der Waals surface area contributed by atoms with Crippen molar-refractivity contribution in [2.45, 2.75) is 25.2 Å². The van der Waals surface area contributed by atoms with E-state index in [2.05, 4.69) is 40.5 Å². The van der Waals surface area contributed by atoms with E-state index in [9.17, 15) is 4.79 Å². The predicted octanol–water partition coefficient (Wildman–Crippen LogP) is 3.67. The predicted molar refractivity (Wildman–Crippen MR) is 123 cm³/mol. The van der Waals surface area contributed by atoms with Gasteiger partial charge in [-0.3, -0.25) is 0 Å². The van der Waals surface area contributed by atoms with Crippen LogP contribution in [0.4, 0.5) is 10.5 Å². The van der Waals surface area contributed by atoms with Crippen LogP contribution in [0.1, 0.15) is 25.3 Å². The number of rotatable bonds is 6. The summed E-state index contributed by atoms with van der Waals surface area (Å²) in [6, 6.07) is 18.7. The van der Waals surface area contributed by atoms with Crippen molar-refractivity contribution < 1.29 is 14.3 Å². The lowest BCUT2D eigenvalue weighted by molar-refractivity contribution is 0.0501. The largest absolute Gasteiger partial charge is 0.492 e. The van der Waals surface area contributed by atoms with E-state index < -0.39 is 0 Å². The Morgan fingerprint density at radius 2 is 1.68 bits per heavy atom. The molecule has 166 valence electrons. The molecule has 0 saturated carbocycles. The van der Waals surface area contributed by atoms with E-state index in [1.807, 2.05) is 36.1 Å². The Morgan fingerprint density at radius 1 is 1.00 bits per heavy atom. The van der Waals surface area contributed by atoms with Crippen LogP contribution in [-0.2, 0) is 10.2 Å². The maximum atomic E-state index is 13.0. The fraction of sp³-hybridized carbons (Fsp3) is 0.480. The first kappa shape index (κ1) is 21.5. The van der Waals surface area contributed by atoms with Crippen LogP contribution in [0, 0.1) is 0 Å². The number of nitrogens with one attached hydrogen (secondary N) is 1. The number of piperazine rings is 1. The molecule has 2 aromatic rings. The summed E-state index contributed by atoms with van der Waals surface area (Å²) in [6.07, 6.45) is 1.86. The van der Waals surface area contributed by atoms with Crippen molar-refractivity contribution in [1.82, 2.24) is 10.2 Å². The first-order valence-electron chi connectivity index (χ1n) is 11.3. The summed E-state index contributed by atoms with van der Waals surface area (Å²) in [5, 5.41) is 3.24. The highest BCUT2D eigenvalue weighted by Crippen LogP contribution is 2.34. The Hall–Kier alpha value is -2.73. The molecule has 0 aromatic heterocycles. The standard InChI is InChI=1S/C25H33N3O3/c1-2-31-23-11-7-6-10-22(23)27-14-16-28(17-15-27)24(29)26-20-25(12-18-30-19-13-25)21-8-4-3-5-9-21/h3-11H,2,12-20H2,1H3,(H,26,29). The topological polar surface area (TPSA) is 54.0 Å². The maximum Gasteiger partial charge on any atom is 0.317 e. The van der Waals surface area contributed by atoms with Gasteiger partial charge in [-0.05, 0) is 37.5 Å². The van der Waals surface area contributed by atoms with Crippen LogP contribution < -0.4 is 15.0 Å². The van der Waals surface area contributed by atoms with Crippen LogP contribution in [0.3, 0.4) is 0 Å². The second-order valence-corrected chi connectivity index (χ2v) is 8.29. The number of ether oxygens (including phenoxy) is 2. The van der Waals surface area contributed by atoms with E-state index in [0.29, 0.717) is 26.2 Å². The van der Waals surface area contributed by atoms with Crippen LogP contribution in [0.5, 0.6) is 5.75 Å². The van der Waals surface area contributed by atoms with Gasteiger partial charge >= 0.3 is 6.03 Å². The zero-order valence-corrected chi connectivity index (χ0v) is 18.4. The molecule has 2 aliphatic rings. The Labute approximate surface area is 185 Å². The average molecular weight is 424 g/mol. The van der Waals surface area contributed by atoms with Gasteiger partial charge in [0, 0.05) is 51.4 Å². The quantitative estimate of drug-likeness (QED) is 0.770. The zero-order valence-electron chi connectivity index (χ0n) is 18.4. The lowest BCUT2D eigenvalue weighted by Crippen LogP contribution is -2.54. The molecular formula is C25H33N3O3. The van der Waals surface area contributed by atoms with Crippen molar-refractivity contribution in [3.63, 3.8) is 0 Å². The third-order valence-electron chi connectivity index (χ3n) is 6.49. The van der Waals surface area contributed by atoms with E-state index >= 15 is 0 Å². The molecule has 0 aliphatic carbocycles. The second kappa shape index (κ2) is 10.1. The van der Waals surface area contributed by atoms with Crippen molar-refractivity contribution in [3.8, 4) is 5.75 Å². The van der Waals surface area contributed by atoms with Gasteiger partial charge in [0.05, 0.1) is 12.3 Å². The zero-order chi connectivity index (χ0) is 21.5. The van der Waals surface area contributed by atoms with Crippen LogP contribution in [0.25, 0.3) is 0 Å². The molecule has 2 heterocycles. The van der Waals surface area contributed by atoms with Gasteiger partial charge in [-0.2, -0.15) is 0 Å². The summed E-state index contributed by atoms with van der Waals surface area (Å²) < 4.78 is 11.4. The van der Waals surface area contributed by atoms with Gasteiger partial charge in [-0.25, -0.2) is 4.79 Å². The Morgan fingerprint density at radius 3 is 2.39 bits per heavy atom. The summed E-state index contributed by atoms with van der Waals surface area (Å²) in [5.41, 5.74) is 2.35. The second-order valence-electron chi connectivity index (χ2n) is 8.29. The van der Waals surface area contributed by atoms with Crippen molar-refractivity contribution in [3.05, 3.63) is 60.2 Å². The smallest absolute Gasteiger partial charge is 0.317 e. The lowest BCUT2D eigenvalue weighted by Gasteiger charge is -2.40. The molecule has 6 nitrogen and oxygen atoms in total. The Bertz CT molecular complexity index is 844. The molecular weight excluding hydrogens is 390 g/mol. The van der Waals surface area contributed by atoms with Gasteiger partial charge in [0.25, 0.3) is 0 Å². The first-order valence-corrected chi connectivity index (χ1v) is 11.3. The van der Waals surface area contributed by atoms with Crippen molar-refractivity contribution in [1.29, 1.82) is 0 Å². The lowest BCUT2D eigenvalue weighted by atomic mass is 9.74. The molecule has 2 aromatic carbocycles. The first-order chi connectivity index (χ1) is 15.2. The monoisotopic (exact) mass is 423 g/mol. The van der Waals surface area contributed by atoms with Crippen LogP contribution in [-0.4, -0.2) is 63.5 Å². The highest BCUT2D eigenvalue weighted by molar-refractivity contribution is 5.75. The number of urea groups is 1. The summed E-state index contributed by atoms with van der Waals surface area (Å²) >= 11 is 0. The molecule has 0 bridgehead atoms. The molecule has 1 N–H and O–H groups in total. The Kier molecular flexibility index (Phi) is 6.97. The van der Waals surface area contributed by atoms with E-state index in [1.165, 1.54) is 5.56 Å². The molecule has 0 radical (unpaired) electrons. The van der Waals surface area contributed by atoms with Gasteiger partial charge in [0.1, 0.15) is 5.75 Å². The minimum atomic E-state index is -0.0482. The number of anilines is 1. The molecule has 2 saturated heterocycles. The van der Waals surface area contributed by atoms with Gasteiger partial charge in [-0.15, -0.1) is 0 Å². The van der Waals surface area contributed by atoms with Gasteiger partial charge < -0.3 is 24.6 Å². The summed E-state index contributed by atoms with van der Waals surface area (Å²) in [7, 11) is 0. The number of hydrogen-bond donors (Lipinski definition) is 1. The summed E-state index contributed by atoms with van der Waals surface area (Å²) in [6.45, 7) is 7.77. The normalized spacial score (nSPS) is 18.5. The van der Waals surface area contributed by atoms with Crippen LogP contribution in [0.15, 0.2) is 54.6 Å². The number of carbonyl (C=O) groups is 1. The van der Waals surface area contributed by atoms with Crippen molar-refractivity contribution >= 4 is 11.7 Å². The van der Waals surface area contributed by atoms with Gasteiger partial charge in [0.2, 0.25) is 0 Å². The molecule has 2 aliphatic heterocycles. The molecule has 0 spiro atoms. The minimum Gasteiger partial charge on any atom is -0.492 e. The molecule has 4 rings (SSSR count). The van der Waals surface area contributed by atoms with E-state index in [1.54, 1.807) is 0 Å². The van der Waals surface area contributed by atoms with Crippen LogP contribution in [0.2, 0.25) is 0 Å². The fourth-order valence-electron chi connectivity index (χ4n) is 4.62. The number of hydrogen-bond acceptors (Lipinski definition) is 4. The number of nitrogens with zero attached hydrogens (tertiary/aromatic N) is 2. The highest BCUT2D eigenvalue weighted by Gasteiger charge is 2.35. The van der Waals surface area contributed by atoms with E-state index in [0.717, 1.165) is 50.6 Å².